The molecule has 0 radical (unpaired) electrons. The first-order valence-corrected chi connectivity index (χ1v) is 11.7. The summed E-state index contributed by atoms with van der Waals surface area (Å²) < 4.78 is 57.5. The molecule has 4 rings (SSSR count). The lowest BCUT2D eigenvalue weighted by Gasteiger charge is -2.32. The predicted octanol–water partition coefficient (Wildman–Crippen LogP) is 5.28. The van der Waals surface area contributed by atoms with Crippen LogP contribution in [0.1, 0.15) is 11.6 Å². The Morgan fingerprint density at radius 1 is 0.968 bits per heavy atom. The van der Waals surface area contributed by atoms with Crippen molar-refractivity contribution >= 4 is 49.3 Å². The number of hydrogen-bond donors (Lipinski definition) is 0. The molecule has 158 valence electrons. The number of nitrogens with zero attached hydrogens (tertiary/aromatic N) is 3. The van der Waals surface area contributed by atoms with Crippen LogP contribution in [0.4, 0.5) is 14.5 Å². The van der Waals surface area contributed by atoms with Gasteiger partial charge in [-0.25, -0.2) is 17.2 Å². The Balaban J connectivity index is 1.96. The predicted molar refractivity (Wildman–Crippen MR) is 123 cm³/mol. The van der Waals surface area contributed by atoms with E-state index in [0.717, 1.165) is 7.88 Å². The zero-order valence-electron chi connectivity index (χ0n) is 16.0. The molecule has 1 heterocycles. The molecule has 0 saturated heterocycles. The number of sulfonamides is 1. The first-order chi connectivity index (χ1) is 14.9. The third-order valence-electron chi connectivity index (χ3n) is 4.75. The zero-order valence-corrected chi connectivity index (χ0v) is 19.0. The molecule has 0 saturated carbocycles. The quantitative estimate of drug-likeness (QED) is 0.306. The summed E-state index contributed by atoms with van der Waals surface area (Å²) in [6.07, 6.45) is 2.88. The van der Waals surface area contributed by atoms with Crippen molar-refractivity contribution in [2.75, 3.05) is 11.0 Å². The van der Waals surface area contributed by atoms with E-state index in [-0.39, 0.29) is 10.4 Å². The molecule has 0 unspecified atom stereocenters. The number of para-hydroxylation sites is 1. The molecular formula is C22H16F2IN3O2S. The molecule has 0 bridgehead atoms. The number of aromatic nitrogens is 2. The van der Waals surface area contributed by atoms with Gasteiger partial charge in [0.05, 0.1) is 17.2 Å². The molecule has 3 aromatic carbocycles. The van der Waals surface area contributed by atoms with Gasteiger partial charge in [0.15, 0.2) is 0 Å². The summed E-state index contributed by atoms with van der Waals surface area (Å²) in [4.78, 5) is 8.28. The van der Waals surface area contributed by atoms with E-state index in [2.05, 4.69) is 32.6 Å². The van der Waals surface area contributed by atoms with Gasteiger partial charge in [-0.2, -0.15) is 0 Å². The van der Waals surface area contributed by atoms with Crippen LogP contribution >= 0.6 is 22.6 Å². The molecule has 5 nitrogen and oxygen atoms in total. The van der Waals surface area contributed by atoms with Gasteiger partial charge in [0.2, 0.25) is 0 Å². The third-order valence-corrected chi connectivity index (χ3v) is 7.28. The number of halogens is 3. The maximum absolute atomic E-state index is 14.4. The van der Waals surface area contributed by atoms with Crippen LogP contribution in [0.3, 0.4) is 0 Å². The number of anilines is 1. The summed E-state index contributed by atoms with van der Waals surface area (Å²) in [6.45, 7) is -1.01. The number of hydrogen-bond acceptors (Lipinski definition) is 4. The minimum Gasteiger partial charge on any atom is -0.256 e. The van der Waals surface area contributed by atoms with Crippen molar-refractivity contribution in [1.82, 2.24) is 9.97 Å². The van der Waals surface area contributed by atoms with Gasteiger partial charge in [-0.05, 0) is 70.6 Å². The third kappa shape index (κ3) is 4.24. The summed E-state index contributed by atoms with van der Waals surface area (Å²) in [5, 5.41) is 0. The Hall–Kier alpha value is -2.66. The lowest BCUT2D eigenvalue weighted by atomic mass is 10.1. The van der Waals surface area contributed by atoms with Gasteiger partial charge in [0.1, 0.15) is 22.9 Å². The smallest absolute Gasteiger partial charge is 0.256 e. The molecule has 4 aromatic rings. The van der Waals surface area contributed by atoms with Gasteiger partial charge in [-0.15, -0.1) is 0 Å². The number of alkyl halides is 1. The summed E-state index contributed by atoms with van der Waals surface area (Å²) in [6, 6.07) is 15.3. The molecule has 0 spiro atoms. The van der Waals surface area contributed by atoms with Crippen LogP contribution in [-0.2, 0) is 10.0 Å². The van der Waals surface area contributed by atoms with Gasteiger partial charge in [0, 0.05) is 16.0 Å². The van der Waals surface area contributed by atoms with Crippen molar-refractivity contribution in [3.63, 3.8) is 0 Å². The first kappa shape index (κ1) is 21.6. The highest BCUT2D eigenvalue weighted by molar-refractivity contribution is 14.1. The Kier molecular flexibility index (Phi) is 6.15. The maximum Gasteiger partial charge on any atom is 0.267 e. The van der Waals surface area contributed by atoms with Crippen LogP contribution < -0.4 is 4.31 Å². The second-order valence-corrected chi connectivity index (χ2v) is 9.71. The summed E-state index contributed by atoms with van der Waals surface area (Å²) >= 11 is 2.06. The minimum atomic E-state index is -4.27. The van der Waals surface area contributed by atoms with Gasteiger partial charge >= 0.3 is 0 Å². The lowest BCUT2D eigenvalue weighted by Crippen LogP contribution is -2.36. The molecular weight excluding hydrogens is 535 g/mol. The highest BCUT2D eigenvalue weighted by Gasteiger charge is 2.34. The second-order valence-electron chi connectivity index (χ2n) is 6.68. The first-order valence-electron chi connectivity index (χ1n) is 9.23. The number of fused-ring (bicyclic) bond motifs is 1. The monoisotopic (exact) mass is 551 g/mol. The molecule has 31 heavy (non-hydrogen) atoms. The van der Waals surface area contributed by atoms with E-state index in [1.807, 2.05) is 0 Å². The summed E-state index contributed by atoms with van der Waals surface area (Å²) in [7, 11) is -4.27. The maximum atomic E-state index is 14.4. The molecule has 1 aromatic heterocycles. The van der Waals surface area contributed by atoms with Crippen molar-refractivity contribution < 1.29 is 17.2 Å². The van der Waals surface area contributed by atoms with Crippen LogP contribution in [0.2, 0.25) is 0 Å². The van der Waals surface area contributed by atoms with E-state index in [4.69, 9.17) is 0 Å². The van der Waals surface area contributed by atoms with Crippen molar-refractivity contribution in [2.45, 2.75) is 10.9 Å². The summed E-state index contributed by atoms with van der Waals surface area (Å²) in [5.74, 6) is -0.491. The van der Waals surface area contributed by atoms with Gasteiger partial charge in [-0.3, -0.25) is 14.3 Å². The Labute approximate surface area is 192 Å². The Morgan fingerprint density at radius 3 is 2.39 bits per heavy atom. The molecule has 0 aliphatic heterocycles. The largest absolute Gasteiger partial charge is 0.267 e. The summed E-state index contributed by atoms with van der Waals surface area (Å²) in [5.41, 5.74) is 1.22. The highest BCUT2D eigenvalue weighted by Crippen LogP contribution is 2.36. The zero-order chi connectivity index (χ0) is 22.0. The van der Waals surface area contributed by atoms with E-state index in [0.29, 0.717) is 16.8 Å². The average Bonchev–Trinajstić information content (AvgIpc) is 2.77. The van der Waals surface area contributed by atoms with E-state index in [9.17, 15) is 17.2 Å². The lowest BCUT2D eigenvalue weighted by molar-refractivity contribution is 0.434. The fourth-order valence-electron chi connectivity index (χ4n) is 3.35. The van der Waals surface area contributed by atoms with Crippen molar-refractivity contribution in [2.24, 2.45) is 0 Å². The van der Waals surface area contributed by atoms with E-state index >= 15 is 0 Å². The van der Waals surface area contributed by atoms with Gasteiger partial charge < -0.3 is 0 Å². The van der Waals surface area contributed by atoms with Crippen LogP contribution in [-0.4, -0.2) is 25.1 Å². The second kappa shape index (κ2) is 8.83. The standard InChI is InChI=1S/C22H16F2IN3O2S/c23-14-20(15-7-9-16(24)10-8-15)28(18-4-1-3-17(25)13-18)31(29,30)21-6-2-5-19-22(21)27-12-11-26-19/h1-13,20H,14H2/t20-/m1/s1. The number of benzene rings is 3. The molecule has 1 atom stereocenters. The van der Waals surface area contributed by atoms with Crippen LogP contribution in [0.5, 0.6) is 0 Å². The average molecular weight is 551 g/mol. The molecule has 0 aliphatic carbocycles. The molecule has 0 fully saturated rings. The van der Waals surface area contributed by atoms with Gasteiger partial charge in [0.25, 0.3) is 10.0 Å². The van der Waals surface area contributed by atoms with Crippen molar-refractivity contribution in [1.29, 1.82) is 0 Å². The van der Waals surface area contributed by atoms with Crippen molar-refractivity contribution in [3.8, 4) is 0 Å². The van der Waals surface area contributed by atoms with E-state index in [1.54, 1.807) is 36.4 Å². The fraction of sp³-hybridized carbons (Fsp3) is 0.0909. The molecule has 0 N–H and O–H groups in total. The Morgan fingerprint density at radius 2 is 1.68 bits per heavy atom. The normalized spacial score (nSPS) is 12.6. The van der Waals surface area contributed by atoms with Crippen molar-refractivity contribution in [3.05, 3.63) is 94.1 Å². The number of rotatable bonds is 6. The van der Waals surface area contributed by atoms with Crippen LogP contribution in [0.15, 0.2) is 84.0 Å². The SMILES string of the molecule is O=S(=O)(c1cccc2nccnc12)N(c1cccc(I)c1)[C@H](CF)c1ccc(F)cc1. The van der Waals surface area contributed by atoms with E-state index in [1.165, 1.54) is 42.7 Å². The van der Waals surface area contributed by atoms with E-state index < -0.39 is 28.6 Å². The van der Waals surface area contributed by atoms with Crippen LogP contribution in [0, 0.1) is 9.39 Å². The molecule has 9 heteroatoms. The topological polar surface area (TPSA) is 63.2 Å². The van der Waals surface area contributed by atoms with Crippen LogP contribution in [0.25, 0.3) is 11.0 Å². The highest BCUT2D eigenvalue weighted by atomic mass is 127. The Bertz CT molecular complexity index is 1330. The molecule has 0 amide bonds. The van der Waals surface area contributed by atoms with Gasteiger partial charge in [-0.1, -0.05) is 24.3 Å². The molecule has 0 aliphatic rings. The minimum absolute atomic E-state index is 0.0856. The fourth-order valence-corrected chi connectivity index (χ4v) is 5.65.